The van der Waals surface area contributed by atoms with Crippen molar-refractivity contribution in [2.45, 2.75) is 37.1 Å². The Morgan fingerprint density at radius 2 is 2.11 bits per heavy atom. The number of halogens is 3. The zero-order valence-corrected chi connectivity index (χ0v) is 12.1. The zero-order chi connectivity index (χ0) is 13.1. The molecular weight excluding hydrogens is 321 g/mol. The van der Waals surface area contributed by atoms with Gasteiger partial charge in [-0.15, -0.1) is 11.6 Å². The molecule has 1 aliphatic carbocycles. The van der Waals surface area contributed by atoms with Crippen molar-refractivity contribution in [3.05, 3.63) is 34.1 Å². The summed E-state index contributed by atoms with van der Waals surface area (Å²) in [5.41, 5.74) is 0.310. The molecule has 0 heterocycles. The summed E-state index contributed by atoms with van der Waals surface area (Å²) in [5.74, 6) is -0.701. The van der Waals surface area contributed by atoms with Crippen molar-refractivity contribution in [1.82, 2.24) is 5.32 Å². The molecule has 2 nitrogen and oxygen atoms in total. The highest BCUT2D eigenvalue weighted by Gasteiger charge is 2.25. The fraction of sp³-hybridized carbons (Fsp3) is 0.462. The molecule has 0 radical (unpaired) electrons. The van der Waals surface area contributed by atoms with Gasteiger partial charge in [-0.2, -0.15) is 0 Å². The molecule has 0 aromatic heterocycles. The molecule has 0 aliphatic heterocycles. The quantitative estimate of drug-likeness (QED) is 0.817. The Bertz CT molecular complexity index is 455. The van der Waals surface area contributed by atoms with E-state index in [-0.39, 0.29) is 17.3 Å². The predicted molar refractivity (Wildman–Crippen MR) is 73.5 cm³/mol. The molecular formula is C13H14BrClFNO. The first-order valence-corrected chi connectivity index (χ1v) is 7.21. The Morgan fingerprint density at radius 3 is 2.83 bits per heavy atom. The number of rotatable bonds is 2. The molecule has 1 amide bonds. The molecule has 1 aromatic rings. The van der Waals surface area contributed by atoms with Gasteiger partial charge in [-0.3, -0.25) is 4.79 Å². The average molecular weight is 335 g/mol. The van der Waals surface area contributed by atoms with Crippen molar-refractivity contribution in [1.29, 1.82) is 0 Å². The lowest BCUT2D eigenvalue weighted by Gasteiger charge is -2.28. The van der Waals surface area contributed by atoms with Crippen LogP contribution in [0.1, 0.15) is 36.0 Å². The molecule has 0 saturated heterocycles. The zero-order valence-electron chi connectivity index (χ0n) is 9.76. The second kappa shape index (κ2) is 6.02. The van der Waals surface area contributed by atoms with E-state index in [1.807, 2.05) is 0 Å². The molecule has 1 N–H and O–H groups in total. The Balaban J connectivity index is 2.09. The van der Waals surface area contributed by atoms with Crippen LogP contribution in [0.15, 0.2) is 22.7 Å². The summed E-state index contributed by atoms with van der Waals surface area (Å²) in [6, 6.07) is 4.05. The van der Waals surface area contributed by atoms with Gasteiger partial charge in [-0.25, -0.2) is 4.39 Å². The summed E-state index contributed by atoms with van der Waals surface area (Å²) < 4.78 is 13.7. The fourth-order valence-electron chi connectivity index (χ4n) is 2.17. The van der Waals surface area contributed by atoms with Gasteiger partial charge in [-0.05, 0) is 47.0 Å². The van der Waals surface area contributed by atoms with Crippen LogP contribution in [0.4, 0.5) is 4.39 Å². The molecule has 1 fully saturated rings. The van der Waals surface area contributed by atoms with Gasteiger partial charge in [0.2, 0.25) is 0 Å². The number of alkyl halides is 1. The smallest absolute Gasteiger partial charge is 0.252 e. The van der Waals surface area contributed by atoms with E-state index in [0.717, 1.165) is 25.7 Å². The van der Waals surface area contributed by atoms with Crippen molar-refractivity contribution in [2.75, 3.05) is 0 Å². The van der Waals surface area contributed by atoms with E-state index in [9.17, 15) is 9.18 Å². The molecule has 0 bridgehead atoms. The third kappa shape index (κ3) is 3.23. The summed E-state index contributed by atoms with van der Waals surface area (Å²) in [5, 5.41) is 2.85. The molecule has 2 atom stereocenters. The number of nitrogens with one attached hydrogen (secondary N) is 1. The van der Waals surface area contributed by atoms with Gasteiger partial charge in [0.1, 0.15) is 5.82 Å². The molecule has 5 heteroatoms. The van der Waals surface area contributed by atoms with E-state index in [0.29, 0.717) is 10.0 Å². The molecule has 1 aromatic carbocycles. The average Bonchev–Trinajstić information content (AvgIpc) is 2.35. The number of hydrogen-bond acceptors (Lipinski definition) is 1. The normalized spacial score (nSPS) is 23.7. The number of benzene rings is 1. The Kier molecular flexibility index (Phi) is 4.62. The number of amides is 1. The topological polar surface area (TPSA) is 29.1 Å². The van der Waals surface area contributed by atoms with E-state index in [1.165, 1.54) is 18.2 Å². The number of hydrogen-bond donors (Lipinski definition) is 1. The van der Waals surface area contributed by atoms with Crippen LogP contribution in [0.3, 0.4) is 0 Å². The summed E-state index contributed by atoms with van der Waals surface area (Å²) >= 11 is 9.44. The molecule has 1 aliphatic rings. The molecule has 0 spiro atoms. The second-order valence-corrected chi connectivity index (χ2v) is 5.92. The largest absolute Gasteiger partial charge is 0.348 e. The lowest BCUT2D eigenvalue weighted by Crippen LogP contribution is -2.42. The molecule has 18 heavy (non-hydrogen) atoms. The van der Waals surface area contributed by atoms with Crippen LogP contribution in [0, 0.1) is 5.82 Å². The lowest BCUT2D eigenvalue weighted by molar-refractivity contribution is 0.0927. The van der Waals surface area contributed by atoms with Crippen LogP contribution >= 0.6 is 27.5 Å². The Morgan fingerprint density at radius 1 is 1.39 bits per heavy atom. The van der Waals surface area contributed by atoms with Crippen molar-refractivity contribution >= 4 is 33.4 Å². The molecule has 98 valence electrons. The highest BCUT2D eigenvalue weighted by molar-refractivity contribution is 9.10. The summed E-state index contributed by atoms with van der Waals surface area (Å²) in [7, 11) is 0. The van der Waals surface area contributed by atoms with E-state index < -0.39 is 5.82 Å². The molecule has 2 rings (SSSR count). The second-order valence-electron chi connectivity index (χ2n) is 4.50. The van der Waals surface area contributed by atoms with E-state index in [4.69, 9.17) is 11.6 Å². The summed E-state index contributed by atoms with van der Waals surface area (Å²) in [6.07, 6.45) is 3.96. The van der Waals surface area contributed by atoms with Gasteiger partial charge in [0.25, 0.3) is 5.91 Å². The predicted octanol–water partition coefficient (Wildman–Crippen LogP) is 3.87. The first-order chi connectivity index (χ1) is 8.58. The molecule has 2 unspecified atom stereocenters. The summed E-state index contributed by atoms with van der Waals surface area (Å²) in [4.78, 5) is 12.1. The maximum atomic E-state index is 13.1. The van der Waals surface area contributed by atoms with E-state index >= 15 is 0 Å². The van der Waals surface area contributed by atoms with Crippen LogP contribution in [0.2, 0.25) is 0 Å². The lowest BCUT2D eigenvalue weighted by atomic mass is 9.94. The van der Waals surface area contributed by atoms with Gasteiger partial charge in [-0.1, -0.05) is 12.8 Å². The van der Waals surface area contributed by atoms with Crippen molar-refractivity contribution < 1.29 is 9.18 Å². The standard InChI is InChI=1S/C13H14BrClFNO/c14-10-6-5-8(16)7-9(10)13(18)17-12-4-2-1-3-11(12)15/h5-7,11-12H,1-4H2,(H,17,18). The third-order valence-electron chi connectivity index (χ3n) is 3.17. The van der Waals surface area contributed by atoms with Crippen LogP contribution < -0.4 is 5.32 Å². The minimum Gasteiger partial charge on any atom is -0.348 e. The highest BCUT2D eigenvalue weighted by atomic mass is 79.9. The van der Waals surface area contributed by atoms with E-state index in [2.05, 4.69) is 21.2 Å². The van der Waals surface area contributed by atoms with Gasteiger partial charge in [0.15, 0.2) is 0 Å². The van der Waals surface area contributed by atoms with Crippen LogP contribution in [-0.4, -0.2) is 17.3 Å². The van der Waals surface area contributed by atoms with Crippen LogP contribution in [-0.2, 0) is 0 Å². The minimum absolute atomic E-state index is 0.0249. The van der Waals surface area contributed by atoms with Crippen molar-refractivity contribution in [2.24, 2.45) is 0 Å². The Labute approximate surface area is 119 Å². The van der Waals surface area contributed by atoms with Crippen molar-refractivity contribution in [3.63, 3.8) is 0 Å². The van der Waals surface area contributed by atoms with Crippen LogP contribution in [0.25, 0.3) is 0 Å². The van der Waals surface area contributed by atoms with E-state index in [1.54, 1.807) is 0 Å². The van der Waals surface area contributed by atoms with Crippen LogP contribution in [0.5, 0.6) is 0 Å². The first-order valence-electron chi connectivity index (χ1n) is 5.98. The van der Waals surface area contributed by atoms with Gasteiger partial charge in [0.05, 0.1) is 10.9 Å². The van der Waals surface area contributed by atoms with Crippen molar-refractivity contribution in [3.8, 4) is 0 Å². The summed E-state index contributed by atoms with van der Waals surface area (Å²) in [6.45, 7) is 0. The van der Waals surface area contributed by atoms with Gasteiger partial charge < -0.3 is 5.32 Å². The molecule has 1 saturated carbocycles. The fourth-order valence-corrected chi connectivity index (χ4v) is 2.94. The maximum Gasteiger partial charge on any atom is 0.252 e. The maximum absolute atomic E-state index is 13.1. The number of carbonyl (C=O) groups is 1. The highest BCUT2D eigenvalue weighted by Crippen LogP contribution is 2.24. The minimum atomic E-state index is -0.422. The van der Waals surface area contributed by atoms with Gasteiger partial charge in [0, 0.05) is 10.5 Å². The third-order valence-corrected chi connectivity index (χ3v) is 4.39. The SMILES string of the molecule is O=C(NC1CCCCC1Cl)c1cc(F)ccc1Br. The monoisotopic (exact) mass is 333 g/mol. The van der Waals surface area contributed by atoms with Gasteiger partial charge >= 0.3 is 0 Å². The number of carbonyl (C=O) groups excluding carboxylic acids is 1. The Hall–Kier alpha value is -0.610. The first kappa shape index (κ1) is 13.8.